The van der Waals surface area contributed by atoms with Crippen LogP contribution in [0.15, 0.2) is 23.4 Å². The van der Waals surface area contributed by atoms with Crippen molar-refractivity contribution >= 4 is 23.1 Å². The van der Waals surface area contributed by atoms with Gasteiger partial charge in [0.1, 0.15) is 11.6 Å². The number of ketones is 4. The molecule has 198 valence electrons. The van der Waals surface area contributed by atoms with Gasteiger partial charge in [0.2, 0.25) is 11.6 Å². The molecule has 7 nitrogen and oxygen atoms in total. The predicted octanol–water partition coefficient (Wildman–Crippen LogP) is 3.96. The Kier molecular flexibility index (Phi) is 16.1. The molecule has 0 bridgehead atoms. The van der Waals surface area contributed by atoms with Crippen molar-refractivity contribution in [1.29, 1.82) is 0 Å². The zero-order valence-corrected chi connectivity index (χ0v) is 22.3. The molecule has 0 saturated heterocycles. The third kappa shape index (κ3) is 11.9. The first-order valence-electron chi connectivity index (χ1n) is 13.6. The van der Waals surface area contributed by atoms with Crippen molar-refractivity contribution in [3.8, 4) is 0 Å². The summed E-state index contributed by atoms with van der Waals surface area (Å²) in [6.45, 7) is 10.4. The Bertz CT molecular complexity index is 757. The molecule has 2 unspecified atom stereocenters. The molecule has 0 aliphatic heterocycles. The Balaban J connectivity index is 2.63. The average Bonchev–Trinajstić information content (AvgIpc) is 2.83. The van der Waals surface area contributed by atoms with Crippen LogP contribution in [0.2, 0.25) is 0 Å². The molecular formula is C28H47N3O4. The molecule has 0 spiro atoms. The normalized spacial score (nSPS) is 15.4. The van der Waals surface area contributed by atoms with Gasteiger partial charge in [-0.3, -0.25) is 19.2 Å². The van der Waals surface area contributed by atoms with Gasteiger partial charge in [0, 0.05) is 31.2 Å². The van der Waals surface area contributed by atoms with E-state index >= 15 is 0 Å². The van der Waals surface area contributed by atoms with E-state index in [1.807, 2.05) is 20.8 Å². The van der Waals surface area contributed by atoms with Crippen LogP contribution in [-0.4, -0.2) is 54.9 Å². The lowest BCUT2D eigenvalue weighted by Gasteiger charge is -2.23. The first-order valence-corrected chi connectivity index (χ1v) is 13.6. The molecular weight excluding hydrogens is 442 g/mol. The quantitative estimate of drug-likeness (QED) is 0.127. The summed E-state index contributed by atoms with van der Waals surface area (Å²) in [5.74, 6) is -0.638. The molecule has 1 aliphatic rings. The number of hydrogen-bond donors (Lipinski definition) is 3. The minimum Gasteiger partial charge on any atom is -0.385 e. The highest BCUT2D eigenvalue weighted by molar-refractivity contribution is 6.46. The van der Waals surface area contributed by atoms with Crippen molar-refractivity contribution in [2.24, 2.45) is 0 Å². The van der Waals surface area contributed by atoms with Crippen LogP contribution in [0.25, 0.3) is 0 Å². The molecule has 2 atom stereocenters. The Morgan fingerprint density at radius 1 is 0.714 bits per heavy atom. The Hall–Kier alpha value is -2.12. The van der Waals surface area contributed by atoms with Crippen molar-refractivity contribution in [2.75, 3.05) is 19.6 Å². The van der Waals surface area contributed by atoms with E-state index in [1.165, 1.54) is 12.2 Å². The molecule has 0 saturated carbocycles. The summed E-state index contributed by atoms with van der Waals surface area (Å²) in [4.78, 5) is 49.0. The van der Waals surface area contributed by atoms with E-state index in [9.17, 15) is 19.2 Å². The fourth-order valence-electron chi connectivity index (χ4n) is 4.18. The number of carbonyl (C=O) groups excluding carboxylic acids is 4. The van der Waals surface area contributed by atoms with E-state index in [-0.39, 0.29) is 17.9 Å². The van der Waals surface area contributed by atoms with Crippen LogP contribution in [0, 0.1) is 0 Å². The monoisotopic (exact) mass is 489 g/mol. The lowest BCUT2D eigenvalue weighted by molar-refractivity contribution is -0.131. The number of hydrogen-bond acceptors (Lipinski definition) is 7. The molecule has 0 aromatic carbocycles. The van der Waals surface area contributed by atoms with E-state index in [4.69, 9.17) is 0 Å². The Morgan fingerprint density at radius 2 is 1.29 bits per heavy atom. The fraction of sp³-hybridized carbons (Fsp3) is 0.714. The fourth-order valence-corrected chi connectivity index (χ4v) is 4.18. The first kappa shape index (κ1) is 30.9. The molecule has 35 heavy (non-hydrogen) atoms. The summed E-state index contributed by atoms with van der Waals surface area (Å²) in [6, 6.07) is -0.421. The van der Waals surface area contributed by atoms with Crippen LogP contribution in [0.1, 0.15) is 98.3 Å². The largest absolute Gasteiger partial charge is 0.385 e. The summed E-state index contributed by atoms with van der Waals surface area (Å²) in [5, 5.41) is 10.00. The van der Waals surface area contributed by atoms with E-state index in [1.54, 1.807) is 0 Å². The number of allylic oxidation sites excluding steroid dienone is 3. The van der Waals surface area contributed by atoms with Crippen LogP contribution in [-0.2, 0) is 19.2 Å². The molecule has 1 aliphatic carbocycles. The molecule has 0 aromatic heterocycles. The van der Waals surface area contributed by atoms with Gasteiger partial charge in [-0.05, 0) is 69.7 Å². The Morgan fingerprint density at radius 3 is 1.89 bits per heavy atom. The maximum Gasteiger partial charge on any atom is 0.227 e. The zero-order valence-electron chi connectivity index (χ0n) is 22.3. The second-order valence-corrected chi connectivity index (χ2v) is 9.38. The third-order valence-corrected chi connectivity index (χ3v) is 6.13. The lowest BCUT2D eigenvalue weighted by Crippen LogP contribution is -2.39. The van der Waals surface area contributed by atoms with Gasteiger partial charge in [-0.2, -0.15) is 0 Å². The van der Waals surface area contributed by atoms with Crippen LogP contribution < -0.4 is 16.0 Å². The van der Waals surface area contributed by atoms with Crippen LogP contribution in [0.3, 0.4) is 0 Å². The minimum absolute atomic E-state index is 0.0599. The molecule has 0 heterocycles. The highest BCUT2D eigenvalue weighted by Gasteiger charge is 2.25. The smallest absolute Gasteiger partial charge is 0.227 e. The van der Waals surface area contributed by atoms with Gasteiger partial charge in [0.25, 0.3) is 0 Å². The summed E-state index contributed by atoms with van der Waals surface area (Å²) in [6.07, 6.45) is 11.5. The molecule has 1 rings (SSSR count). The van der Waals surface area contributed by atoms with Gasteiger partial charge < -0.3 is 16.0 Å². The Labute approximate surface area is 212 Å². The molecule has 7 heteroatoms. The van der Waals surface area contributed by atoms with Crippen LogP contribution in [0.5, 0.6) is 0 Å². The van der Waals surface area contributed by atoms with Crippen molar-refractivity contribution in [3.05, 3.63) is 23.4 Å². The number of unbranched alkanes of at least 4 members (excludes halogenated alkanes) is 2. The van der Waals surface area contributed by atoms with Gasteiger partial charge in [0.15, 0.2) is 0 Å². The zero-order chi connectivity index (χ0) is 26.1. The molecule has 0 amide bonds. The lowest BCUT2D eigenvalue weighted by atomic mass is 9.92. The van der Waals surface area contributed by atoms with Crippen molar-refractivity contribution in [1.82, 2.24) is 16.0 Å². The van der Waals surface area contributed by atoms with Gasteiger partial charge in [0.05, 0.1) is 12.1 Å². The maximum atomic E-state index is 12.6. The van der Waals surface area contributed by atoms with Crippen LogP contribution >= 0.6 is 0 Å². The van der Waals surface area contributed by atoms with Gasteiger partial charge in [-0.1, -0.05) is 40.5 Å². The van der Waals surface area contributed by atoms with E-state index in [0.717, 1.165) is 64.5 Å². The summed E-state index contributed by atoms with van der Waals surface area (Å²) >= 11 is 0. The molecule has 0 fully saturated rings. The minimum atomic E-state index is -0.537. The van der Waals surface area contributed by atoms with Crippen molar-refractivity contribution in [3.63, 3.8) is 0 Å². The molecule has 0 aromatic rings. The maximum absolute atomic E-state index is 12.6. The first-order chi connectivity index (χ1) is 16.9. The van der Waals surface area contributed by atoms with Gasteiger partial charge >= 0.3 is 0 Å². The standard InChI is InChI=1S/C28H47N3O4/c1-5-12-25(32)22(29-15-7-3)14-10-9-11-17-31-23-20-28(35)27(34)19-21(23)18-24(30-16-8-4)26(33)13-6-2/h19-20,22,24,29-31H,5-18H2,1-4H3. The number of carbonyl (C=O) groups is 4. The summed E-state index contributed by atoms with van der Waals surface area (Å²) < 4.78 is 0. The number of Topliss-reactive ketones (excluding diaryl/α,β-unsaturated/α-hetero) is 2. The van der Waals surface area contributed by atoms with Crippen LogP contribution in [0.4, 0.5) is 0 Å². The van der Waals surface area contributed by atoms with Crippen molar-refractivity contribution in [2.45, 2.75) is 110 Å². The van der Waals surface area contributed by atoms with E-state index < -0.39 is 11.6 Å². The van der Waals surface area contributed by atoms with E-state index in [2.05, 4.69) is 22.9 Å². The van der Waals surface area contributed by atoms with Crippen molar-refractivity contribution < 1.29 is 19.2 Å². The number of nitrogens with one attached hydrogen (secondary N) is 3. The highest BCUT2D eigenvalue weighted by atomic mass is 16.2. The molecule has 0 radical (unpaired) electrons. The molecule has 3 N–H and O–H groups in total. The SMILES string of the molecule is CCCNC(CCCCCNC1=CC(=O)C(=O)C=C1CC(NCCC)C(=O)CCC)C(=O)CCC. The third-order valence-electron chi connectivity index (χ3n) is 6.13. The summed E-state index contributed by atoms with van der Waals surface area (Å²) in [5.41, 5.74) is 1.35. The predicted molar refractivity (Wildman–Crippen MR) is 141 cm³/mol. The van der Waals surface area contributed by atoms with Gasteiger partial charge in [-0.25, -0.2) is 0 Å². The second kappa shape index (κ2) is 18.2. The van der Waals surface area contributed by atoms with Gasteiger partial charge in [-0.15, -0.1) is 0 Å². The highest BCUT2D eigenvalue weighted by Crippen LogP contribution is 2.20. The number of rotatable bonds is 21. The average molecular weight is 490 g/mol. The second-order valence-electron chi connectivity index (χ2n) is 9.38. The summed E-state index contributed by atoms with van der Waals surface area (Å²) in [7, 11) is 0. The topological polar surface area (TPSA) is 104 Å². The van der Waals surface area contributed by atoms with E-state index in [0.29, 0.717) is 42.9 Å².